The number of fused-ring (bicyclic) bond motifs is 3. The van der Waals surface area contributed by atoms with E-state index in [2.05, 4.69) is 27.6 Å². The van der Waals surface area contributed by atoms with Crippen LogP contribution in [0.1, 0.15) is 0 Å². The summed E-state index contributed by atoms with van der Waals surface area (Å²) < 4.78 is 10.5. The van der Waals surface area contributed by atoms with Gasteiger partial charge in [0.2, 0.25) is 0 Å². The number of aromatic nitrogens is 2. The molecule has 0 spiro atoms. The van der Waals surface area contributed by atoms with Gasteiger partial charge in [0, 0.05) is 16.6 Å². The van der Waals surface area contributed by atoms with E-state index in [1.165, 1.54) is 5.39 Å². The van der Waals surface area contributed by atoms with Crippen molar-refractivity contribution in [3.8, 4) is 22.8 Å². The van der Waals surface area contributed by atoms with Crippen LogP contribution in [0.4, 0.5) is 11.5 Å². The van der Waals surface area contributed by atoms with Crippen molar-refractivity contribution in [2.45, 2.75) is 0 Å². The van der Waals surface area contributed by atoms with Crippen molar-refractivity contribution >= 4 is 22.3 Å². The van der Waals surface area contributed by atoms with E-state index < -0.39 is 0 Å². The number of rotatable bonds is 4. The lowest BCUT2D eigenvalue weighted by Gasteiger charge is -2.05. The topological polar surface area (TPSA) is 62.1 Å². The second kappa shape index (κ2) is 5.28. The Morgan fingerprint density at radius 1 is 0.826 bits per heavy atom. The van der Waals surface area contributed by atoms with Gasteiger partial charge < -0.3 is 14.8 Å². The second-order valence-electron chi connectivity index (χ2n) is 5.36. The molecule has 5 heteroatoms. The van der Waals surface area contributed by atoms with Crippen molar-refractivity contribution in [2.75, 3.05) is 19.5 Å². The molecule has 0 radical (unpaired) electrons. The van der Waals surface area contributed by atoms with Gasteiger partial charge in [-0.25, -0.2) is 0 Å². The summed E-state index contributed by atoms with van der Waals surface area (Å²) in [5.74, 6) is 2.62. The third-order valence-electron chi connectivity index (χ3n) is 4.04. The number of benzene rings is 2. The molecule has 4 rings (SSSR count). The number of hydrogen-bond acceptors (Lipinski definition) is 3. The van der Waals surface area contributed by atoms with Crippen LogP contribution in [0.2, 0.25) is 0 Å². The summed E-state index contributed by atoms with van der Waals surface area (Å²) >= 11 is 0. The minimum atomic E-state index is 0.838. The molecule has 3 N–H and O–H groups in total. The summed E-state index contributed by atoms with van der Waals surface area (Å²) in [7, 11) is 3.34. The molecule has 1 aliphatic heterocycles. The zero-order valence-corrected chi connectivity index (χ0v) is 12.9. The van der Waals surface area contributed by atoms with E-state index in [9.17, 15) is 0 Å². The molecule has 2 aromatic rings. The number of anilines is 2. The van der Waals surface area contributed by atoms with Gasteiger partial charge in [0.1, 0.15) is 17.3 Å². The zero-order valence-electron chi connectivity index (χ0n) is 12.9. The molecule has 0 amide bonds. The first-order valence-electron chi connectivity index (χ1n) is 7.36. The first-order chi connectivity index (χ1) is 11.3. The third kappa shape index (κ3) is 2.26. The predicted octanol–water partition coefficient (Wildman–Crippen LogP) is 4.36. The lowest BCUT2D eigenvalue weighted by atomic mass is 10.2. The third-order valence-corrected chi connectivity index (χ3v) is 4.04. The molecule has 2 aliphatic rings. The SMILES string of the molecule is COc1ccc(Nc2[nH][nH]c3c4cc(OC)ccc4cc2-3)cc1. The highest BCUT2D eigenvalue weighted by atomic mass is 16.5. The molecule has 0 saturated carbocycles. The summed E-state index contributed by atoms with van der Waals surface area (Å²) in [5, 5.41) is 12.1. The number of ether oxygens (including phenoxy) is 2. The molecule has 0 bridgehead atoms. The van der Waals surface area contributed by atoms with Crippen LogP contribution in [0, 0.1) is 0 Å². The van der Waals surface area contributed by atoms with Gasteiger partial charge in [0.05, 0.1) is 19.9 Å². The Bertz CT molecular complexity index is 921. The number of aromatic amines is 2. The first-order valence-corrected chi connectivity index (χ1v) is 7.36. The Morgan fingerprint density at radius 2 is 1.57 bits per heavy atom. The van der Waals surface area contributed by atoms with Crippen molar-refractivity contribution < 1.29 is 9.47 Å². The van der Waals surface area contributed by atoms with E-state index in [1.54, 1.807) is 14.2 Å². The maximum absolute atomic E-state index is 5.31. The Balaban J connectivity index is 1.70. The van der Waals surface area contributed by atoms with E-state index in [0.717, 1.165) is 39.6 Å². The van der Waals surface area contributed by atoms with Crippen molar-refractivity contribution in [2.24, 2.45) is 0 Å². The highest BCUT2D eigenvalue weighted by Gasteiger charge is 2.17. The molecule has 1 heterocycles. The van der Waals surface area contributed by atoms with Crippen LogP contribution in [0.15, 0.2) is 48.5 Å². The minimum absolute atomic E-state index is 0.838. The fourth-order valence-electron chi connectivity index (χ4n) is 2.82. The maximum atomic E-state index is 5.31. The predicted molar refractivity (Wildman–Crippen MR) is 92.1 cm³/mol. The largest absolute Gasteiger partial charge is 0.497 e. The standard InChI is InChI=1S/C18H17N3O2/c1-22-13-7-4-12(5-8-13)19-18-16-9-11-3-6-14(23-2)10-15(11)17(16)20-21-18/h3-10,19-21H,1-2H3. The molecule has 2 aromatic carbocycles. The Labute approximate surface area is 133 Å². The Hall–Kier alpha value is -3.08. The summed E-state index contributed by atoms with van der Waals surface area (Å²) in [4.78, 5) is 0. The minimum Gasteiger partial charge on any atom is -0.497 e. The molecule has 0 saturated heterocycles. The van der Waals surface area contributed by atoms with Crippen LogP contribution in [0.5, 0.6) is 11.5 Å². The molecule has 0 aromatic heterocycles. The Kier molecular flexibility index (Phi) is 3.12. The fourth-order valence-corrected chi connectivity index (χ4v) is 2.82. The van der Waals surface area contributed by atoms with Crippen molar-refractivity contribution in [3.05, 3.63) is 48.5 Å². The van der Waals surface area contributed by atoms with Gasteiger partial charge in [0.25, 0.3) is 0 Å². The van der Waals surface area contributed by atoms with Crippen LogP contribution < -0.4 is 14.8 Å². The van der Waals surface area contributed by atoms with Crippen molar-refractivity contribution in [1.82, 2.24) is 10.2 Å². The summed E-state index contributed by atoms with van der Waals surface area (Å²) in [6, 6.07) is 16.1. The van der Waals surface area contributed by atoms with Gasteiger partial charge in [-0.3, -0.25) is 10.2 Å². The smallest absolute Gasteiger partial charge is 0.132 e. The van der Waals surface area contributed by atoms with Gasteiger partial charge in [-0.2, -0.15) is 0 Å². The second-order valence-corrected chi connectivity index (χ2v) is 5.36. The molecular weight excluding hydrogens is 290 g/mol. The van der Waals surface area contributed by atoms with E-state index in [-0.39, 0.29) is 0 Å². The van der Waals surface area contributed by atoms with Crippen LogP contribution in [0.25, 0.3) is 22.0 Å². The molecule has 0 unspecified atom stereocenters. The molecule has 1 aliphatic carbocycles. The molecule has 5 nitrogen and oxygen atoms in total. The van der Waals surface area contributed by atoms with Crippen LogP contribution >= 0.6 is 0 Å². The van der Waals surface area contributed by atoms with Crippen LogP contribution in [0.3, 0.4) is 0 Å². The maximum Gasteiger partial charge on any atom is 0.132 e. The van der Waals surface area contributed by atoms with Crippen LogP contribution in [-0.2, 0) is 0 Å². The normalized spacial score (nSPS) is 11.0. The van der Waals surface area contributed by atoms with E-state index >= 15 is 0 Å². The molecule has 23 heavy (non-hydrogen) atoms. The van der Waals surface area contributed by atoms with Crippen LogP contribution in [-0.4, -0.2) is 24.4 Å². The zero-order chi connectivity index (χ0) is 15.8. The number of nitrogens with one attached hydrogen (secondary N) is 3. The van der Waals surface area contributed by atoms with Gasteiger partial charge in [0.15, 0.2) is 0 Å². The summed E-state index contributed by atoms with van der Waals surface area (Å²) in [6.07, 6.45) is 0. The van der Waals surface area contributed by atoms with E-state index in [4.69, 9.17) is 9.47 Å². The van der Waals surface area contributed by atoms with Gasteiger partial charge in [-0.05, 0) is 47.9 Å². The number of H-pyrrole nitrogens is 2. The fraction of sp³-hybridized carbons (Fsp3) is 0.111. The average Bonchev–Trinajstić information content (AvgIpc) is 3.15. The monoisotopic (exact) mass is 307 g/mol. The molecule has 116 valence electrons. The van der Waals surface area contributed by atoms with E-state index in [1.807, 2.05) is 36.4 Å². The highest BCUT2D eigenvalue weighted by molar-refractivity contribution is 6.04. The van der Waals surface area contributed by atoms with Crippen molar-refractivity contribution in [3.63, 3.8) is 0 Å². The average molecular weight is 307 g/mol. The highest BCUT2D eigenvalue weighted by Crippen LogP contribution is 2.39. The number of hydrogen-bond donors (Lipinski definition) is 3. The lowest BCUT2D eigenvalue weighted by Crippen LogP contribution is -1.91. The quantitative estimate of drug-likeness (QED) is 0.525. The summed E-state index contributed by atoms with van der Waals surface area (Å²) in [5.41, 5.74) is 3.17. The van der Waals surface area contributed by atoms with E-state index in [0.29, 0.717) is 0 Å². The van der Waals surface area contributed by atoms with Gasteiger partial charge >= 0.3 is 0 Å². The summed E-state index contributed by atoms with van der Waals surface area (Å²) in [6.45, 7) is 0. The molecule has 0 fully saturated rings. The number of methoxy groups -OCH3 is 2. The van der Waals surface area contributed by atoms with Gasteiger partial charge in [-0.1, -0.05) is 6.07 Å². The molecular formula is C18H17N3O2. The lowest BCUT2D eigenvalue weighted by molar-refractivity contribution is 0.415. The van der Waals surface area contributed by atoms with Crippen molar-refractivity contribution in [1.29, 1.82) is 0 Å². The van der Waals surface area contributed by atoms with Gasteiger partial charge in [-0.15, -0.1) is 0 Å². The molecule has 0 atom stereocenters. The Morgan fingerprint density at radius 3 is 2.30 bits per heavy atom. The first kappa shape index (κ1) is 13.6.